The lowest BCUT2D eigenvalue weighted by molar-refractivity contribution is 0.261. The number of hydrogen-bond donors (Lipinski definition) is 0. The van der Waals surface area contributed by atoms with Gasteiger partial charge in [0.25, 0.3) is 0 Å². The molecule has 2 rings (SSSR count). The Morgan fingerprint density at radius 2 is 1.84 bits per heavy atom. The van der Waals surface area contributed by atoms with Crippen molar-refractivity contribution in [2.45, 2.75) is 13.5 Å². The Bertz CT molecular complexity index is 543. The molecule has 1 heterocycles. The number of aromatic nitrogens is 2. The minimum absolute atomic E-state index is 0.525. The molecule has 4 nitrogen and oxygen atoms in total. The van der Waals surface area contributed by atoms with Gasteiger partial charge in [0, 0.05) is 6.07 Å². The van der Waals surface area contributed by atoms with Crippen LogP contribution in [0.15, 0.2) is 39.5 Å². The van der Waals surface area contributed by atoms with E-state index in [1.165, 1.54) is 0 Å². The third-order valence-electron chi connectivity index (χ3n) is 2.41. The van der Waals surface area contributed by atoms with E-state index in [1.54, 1.807) is 0 Å². The topological polar surface area (TPSA) is 36.3 Å². The van der Waals surface area contributed by atoms with Crippen LogP contribution < -0.4 is 9.47 Å². The van der Waals surface area contributed by atoms with Crippen molar-refractivity contribution < 1.29 is 9.47 Å². The minimum Gasteiger partial charge on any atom is -0.490 e. The van der Waals surface area contributed by atoms with Gasteiger partial charge in [0.15, 0.2) is 11.5 Å². The highest BCUT2D eigenvalue weighted by molar-refractivity contribution is 9.11. The second-order valence-electron chi connectivity index (χ2n) is 3.74. The van der Waals surface area contributed by atoms with Crippen LogP contribution in [0.4, 0.5) is 0 Å². The van der Waals surface area contributed by atoms with Crippen LogP contribution in [0.1, 0.15) is 6.92 Å². The van der Waals surface area contributed by atoms with Gasteiger partial charge in [-0.15, -0.1) is 0 Å². The molecule has 102 valence electrons. The second kappa shape index (κ2) is 6.96. The normalized spacial score (nSPS) is 10.5. The molecule has 0 unspecified atom stereocenters. The molecular formula is C13H14Br2N2O2. The molecule has 2 aromatic rings. The quantitative estimate of drug-likeness (QED) is 0.751. The van der Waals surface area contributed by atoms with Crippen LogP contribution in [0.5, 0.6) is 11.5 Å². The molecule has 0 bridgehead atoms. The molecule has 0 aliphatic heterocycles. The van der Waals surface area contributed by atoms with Gasteiger partial charge in [0.1, 0.15) is 15.8 Å². The molecule has 1 aromatic heterocycles. The molecule has 0 aliphatic carbocycles. The molecule has 0 N–H and O–H groups in total. The minimum atomic E-state index is 0.525. The molecule has 0 radical (unpaired) electrons. The molecular weight excluding hydrogens is 376 g/mol. The summed E-state index contributed by atoms with van der Waals surface area (Å²) in [5.41, 5.74) is 0. The summed E-state index contributed by atoms with van der Waals surface area (Å²) in [6.45, 7) is 3.76. The monoisotopic (exact) mass is 388 g/mol. The third kappa shape index (κ3) is 3.98. The number of halogens is 2. The molecule has 0 atom stereocenters. The van der Waals surface area contributed by atoms with Gasteiger partial charge in [-0.1, -0.05) is 12.1 Å². The summed E-state index contributed by atoms with van der Waals surface area (Å²) in [4.78, 5) is 0. The standard InChI is InChI=1S/C13H14Br2N2O2/c1-2-18-10-5-3-4-6-11(10)19-8-7-17-13(15)9-12(14)16-17/h3-6,9H,2,7-8H2,1H3. The van der Waals surface area contributed by atoms with Crippen molar-refractivity contribution in [3.8, 4) is 11.5 Å². The van der Waals surface area contributed by atoms with Crippen LogP contribution >= 0.6 is 31.9 Å². The first kappa shape index (κ1) is 14.4. The summed E-state index contributed by atoms with van der Waals surface area (Å²) in [7, 11) is 0. The molecule has 0 saturated carbocycles. The molecule has 0 fully saturated rings. The van der Waals surface area contributed by atoms with Crippen LogP contribution in [0, 0.1) is 0 Å². The molecule has 0 amide bonds. The van der Waals surface area contributed by atoms with Crippen molar-refractivity contribution in [2.24, 2.45) is 0 Å². The van der Waals surface area contributed by atoms with Crippen molar-refractivity contribution in [3.05, 3.63) is 39.5 Å². The van der Waals surface area contributed by atoms with E-state index in [4.69, 9.17) is 9.47 Å². The van der Waals surface area contributed by atoms with Gasteiger partial charge >= 0.3 is 0 Å². The van der Waals surface area contributed by atoms with Crippen molar-refractivity contribution in [2.75, 3.05) is 13.2 Å². The van der Waals surface area contributed by atoms with Gasteiger partial charge in [0.05, 0.1) is 13.2 Å². The Hall–Kier alpha value is -1.01. The predicted molar refractivity (Wildman–Crippen MR) is 80.7 cm³/mol. The SMILES string of the molecule is CCOc1ccccc1OCCn1nc(Br)cc1Br. The third-order valence-corrected chi connectivity index (χ3v) is 3.44. The van der Waals surface area contributed by atoms with E-state index in [1.807, 2.05) is 41.9 Å². The zero-order valence-electron chi connectivity index (χ0n) is 10.5. The Labute approximate surface area is 129 Å². The Kier molecular flexibility index (Phi) is 5.27. The maximum atomic E-state index is 5.74. The van der Waals surface area contributed by atoms with Gasteiger partial charge < -0.3 is 9.47 Å². The summed E-state index contributed by atoms with van der Waals surface area (Å²) in [5.74, 6) is 1.53. The summed E-state index contributed by atoms with van der Waals surface area (Å²) in [6.07, 6.45) is 0. The zero-order valence-corrected chi connectivity index (χ0v) is 13.6. The Morgan fingerprint density at radius 3 is 2.42 bits per heavy atom. The maximum absolute atomic E-state index is 5.74. The van der Waals surface area contributed by atoms with Crippen LogP contribution in [0.25, 0.3) is 0 Å². The fourth-order valence-electron chi connectivity index (χ4n) is 1.61. The number of rotatable bonds is 6. The van der Waals surface area contributed by atoms with E-state index in [2.05, 4.69) is 37.0 Å². The lowest BCUT2D eigenvalue weighted by Crippen LogP contribution is -2.10. The number of ether oxygens (including phenoxy) is 2. The lowest BCUT2D eigenvalue weighted by Gasteiger charge is -2.11. The van der Waals surface area contributed by atoms with E-state index in [0.717, 1.165) is 20.7 Å². The van der Waals surface area contributed by atoms with Crippen LogP contribution in [-0.4, -0.2) is 23.0 Å². The van der Waals surface area contributed by atoms with Crippen LogP contribution in [0.3, 0.4) is 0 Å². The van der Waals surface area contributed by atoms with E-state index in [0.29, 0.717) is 19.8 Å². The number of hydrogen-bond acceptors (Lipinski definition) is 3. The average molecular weight is 390 g/mol. The van der Waals surface area contributed by atoms with Gasteiger partial charge in [0.2, 0.25) is 0 Å². The van der Waals surface area contributed by atoms with Crippen molar-refractivity contribution in [1.82, 2.24) is 9.78 Å². The highest BCUT2D eigenvalue weighted by atomic mass is 79.9. The van der Waals surface area contributed by atoms with Crippen molar-refractivity contribution in [3.63, 3.8) is 0 Å². The number of para-hydroxylation sites is 2. The first-order valence-corrected chi connectivity index (χ1v) is 7.52. The molecule has 19 heavy (non-hydrogen) atoms. The molecule has 0 aliphatic rings. The maximum Gasteiger partial charge on any atom is 0.161 e. The number of nitrogens with zero attached hydrogens (tertiary/aromatic N) is 2. The summed E-state index contributed by atoms with van der Waals surface area (Å²) < 4.78 is 14.8. The van der Waals surface area contributed by atoms with E-state index in [9.17, 15) is 0 Å². The summed E-state index contributed by atoms with van der Waals surface area (Å²) in [5, 5.41) is 4.28. The second-order valence-corrected chi connectivity index (χ2v) is 5.37. The predicted octanol–water partition coefficient (Wildman–Crippen LogP) is 3.89. The molecule has 0 spiro atoms. The fraction of sp³-hybridized carbons (Fsp3) is 0.308. The highest BCUT2D eigenvalue weighted by Crippen LogP contribution is 2.26. The van der Waals surface area contributed by atoms with Crippen LogP contribution in [0.2, 0.25) is 0 Å². The lowest BCUT2D eigenvalue weighted by atomic mass is 10.3. The first-order valence-electron chi connectivity index (χ1n) is 5.94. The summed E-state index contributed by atoms with van der Waals surface area (Å²) >= 11 is 6.76. The van der Waals surface area contributed by atoms with E-state index in [-0.39, 0.29) is 0 Å². The van der Waals surface area contributed by atoms with Gasteiger partial charge in [-0.25, -0.2) is 0 Å². The largest absolute Gasteiger partial charge is 0.490 e. The van der Waals surface area contributed by atoms with Crippen molar-refractivity contribution >= 4 is 31.9 Å². The van der Waals surface area contributed by atoms with Crippen LogP contribution in [-0.2, 0) is 6.54 Å². The highest BCUT2D eigenvalue weighted by Gasteiger charge is 2.05. The number of benzene rings is 1. The van der Waals surface area contributed by atoms with E-state index < -0.39 is 0 Å². The Morgan fingerprint density at radius 1 is 1.16 bits per heavy atom. The Balaban J connectivity index is 1.94. The van der Waals surface area contributed by atoms with Gasteiger partial charge in [-0.3, -0.25) is 4.68 Å². The van der Waals surface area contributed by atoms with E-state index >= 15 is 0 Å². The van der Waals surface area contributed by atoms with Crippen molar-refractivity contribution in [1.29, 1.82) is 0 Å². The molecule has 6 heteroatoms. The summed E-state index contributed by atoms with van der Waals surface area (Å²) in [6, 6.07) is 9.56. The zero-order chi connectivity index (χ0) is 13.7. The molecule has 0 saturated heterocycles. The van der Waals surface area contributed by atoms with Gasteiger partial charge in [-0.05, 0) is 50.9 Å². The average Bonchev–Trinajstić information content (AvgIpc) is 2.70. The fourth-order valence-corrected chi connectivity index (χ4v) is 2.80. The molecule has 1 aromatic carbocycles. The smallest absolute Gasteiger partial charge is 0.161 e. The van der Waals surface area contributed by atoms with Gasteiger partial charge in [-0.2, -0.15) is 5.10 Å². The first-order chi connectivity index (χ1) is 9.20.